The SMILES string of the molecule is CCNC(=NCCCCOCCc1ccccc1)N1CC(C)C(C(=O)OC)C1.I. The fourth-order valence-electron chi connectivity index (χ4n) is 3.46. The smallest absolute Gasteiger partial charge is 0.310 e. The summed E-state index contributed by atoms with van der Waals surface area (Å²) >= 11 is 0. The lowest BCUT2D eigenvalue weighted by molar-refractivity contribution is -0.145. The zero-order valence-electron chi connectivity index (χ0n) is 17.9. The Balaban J connectivity index is 0.00000420. The van der Waals surface area contributed by atoms with Gasteiger partial charge in [-0.25, -0.2) is 0 Å². The fourth-order valence-corrected chi connectivity index (χ4v) is 3.46. The van der Waals surface area contributed by atoms with Crippen molar-refractivity contribution >= 4 is 35.9 Å². The van der Waals surface area contributed by atoms with Crippen molar-refractivity contribution in [2.45, 2.75) is 33.1 Å². The maximum absolute atomic E-state index is 11.9. The second-order valence-corrected chi connectivity index (χ2v) is 7.30. The molecular weight excluding hydrogens is 481 g/mol. The van der Waals surface area contributed by atoms with Gasteiger partial charge in [-0.3, -0.25) is 9.79 Å². The number of methoxy groups -OCH3 is 1. The molecule has 0 spiro atoms. The van der Waals surface area contributed by atoms with Gasteiger partial charge in [-0.2, -0.15) is 0 Å². The van der Waals surface area contributed by atoms with E-state index in [2.05, 4.69) is 48.3 Å². The van der Waals surface area contributed by atoms with Gasteiger partial charge in [-0.05, 0) is 37.7 Å². The standard InChI is InChI=1S/C22H35N3O3.HI/c1-4-23-22(25-16-18(2)20(17-25)21(26)27-3)24-13-8-9-14-28-15-12-19-10-6-5-7-11-19;/h5-7,10-11,18,20H,4,8-9,12-17H2,1-3H3,(H,23,24);1H. The normalized spacial score (nSPS) is 19.0. The van der Waals surface area contributed by atoms with E-state index in [-0.39, 0.29) is 41.8 Å². The predicted octanol–water partition coefficient (Wildman–Crippen LogP) is 3.35. The Bertz CT molecular complexity index is 613. The first-order chi connectivity index (χ1) is 13.7. The molecule has 1 fully saturated rings. The predicted molar refractivity (Wildman–Crippen MR) is 128 cm³/mol. The van der Waals surface area contributed by atoms with Gasteiger partial charge in [0.15, 0.2) is 5.96 Å². The molecule has 2 rings (SSSR count). The van der Waals surface area contributed by atoms with Crippen LogP contribution in [0.2, 0.25) is 0 Å². The molecule has 2 atom stereocenters. The summed E-state index contributed by atoms with van der Waals surface area (Å²) in [5.74, 6) is 0.963. The monoisotopic (exact) mass is 517 g/mol. The van der Waals surface area contributed by atoms with Crippen molar-refractivity contribution in [3.8, 4) is 0 Å². The van der Waals surface area contributed by atoms with E-state index in [0.717, 1.165) is 58.1 Å². The van der Waals surface area contributed by atoms with Crippen LogP contribution in [0.3, 0.4) is 0 Å². The van der Waals surface area contributed by atoms with Crippen LogP contribution in [0.15, 0.2) is 35.3 Å². The third-order valence-corrected chi connectivity index (χ3v) is 5.09. The summed E-state index contributed by atoms with van der Waals surface area (Å²) in [7, 11) is 1.46. The number of hydrogen-bond donors (Lipinski definition) is 1. The number of likely N-dealkylation sites (tertiary alicyclic amines) is 1. The molecule has 0 radical (unpaired) electrons. The van der Waals surface area contributed by atoms with Crippen LogP contribution in [0, 0.1) is 11.8 Å². The van der Waals surface area contributed by atoms with Crippen LogP contribution in [-0.2, 0) is 20.7 Å². The zero-order valence-corrected chi connectivity index (χ0v) is 20.3. The van der Waals surface area contributed by atoms with Crippen LogP contribution < -0.4 is 5.32 Å². The molecule has 1 saturated heterocycles. The van der Waals surface area contributed by atoms with Gasteiger partial charge in [0.1, 0.15) is 0 Å². The lowest BCUT2D eigenvalue weighted by Crippen LogP contribution is -2.40. The Morgan fingerprint density at radius 3 is 2.66 bits per heavy atom. The average Bonchev–Trinajstić information content (AvgIpc) is 3.10. The molecule has 164 valence electrons. The average molecular weight is 517 g/mol. The summed E-state index contributed by atoms with van der Waals surface area (Å²) in [5.41, 5.74) is 1.31. The number of carbonyl (C=O) groups is 1. The molecule has 1 heterocycles. The van der Waals surface area contributed by atoms with Gasteiger partial charge < -0.3 is 19.7 Å². The highest BCUT2D eigenvalue weighted by Gasteiger charge is 2.36. The van der Waals surface area contributed by atoms with E-state index < -0.39 is 0 Å². The number of aliphatic imine (C=N–C) groups is 1. The number of rotatable bonds is 10. The molecule has 1 aromatic rings. The minimum absolute atomic E-state index is 0. The van der Waals surface area contributed by atoms with Gasteiger partial charge in [0.25, 0.3) is 0 Å². The molecule has 29 heavy (non-hydrogen) atoms. The fraction of sp³-hybridized carbons (Fsp3) is 0.636. The lowest BCUT2D eigenvalue weighted by Gasteiger charge is -2.21. The Kier molecular flexibility index (Phi) is 12.9. The molecule has 1 aliphatic rings. The Morgan fingerprint density at radius 1 is 1.21 bits per heavy atom. The van der Waals surface area contributed by atoms with E-state index in [4.69, 9.17) is 14.5 Å². The first-order valence-electron chi connectivity index (χ1n) is 10.4. The Morgan fingerprint density at radius 2 is 1.97 bits per heavy atom. The molecule has 0 amide bonds. The molecule has 0 aromatic heterocycles. The summed E-state index contributed by atoms with van der Waals surface area (Å²) in [6.45, 7) is 8.76. The topological polar surface area (TPSA) is 63.2 Å². The second-order valence-electron chi connectivity index (χ2n) is 7.30. The summed E-state index contributed by atoms with van der Waals surface area (Å²) < 4.78 is 10.7. The minimum Gasteiger partial charge on any atom is -0.469 e. The van der Waals surface area contributed by atoms with E-state index in [1.807, 2.05) is 6.07 Å². The van der Waals surface area contributed by atoms with E-state index >= 15 is 0 Å². The van der Waals surface area contributed by atoms with Crippen molar-refractivity contribution in [1.29, 1.82) is 0 Å². The highest BCUT2D eigenvalue weighted by molar-refractivity contribution is 14.0. The highest BCUT2D eigenvalue weighted by atomic mass is 127. The lowest BCUT2D eigenvalue weighted by atomic mass is 9.99. The van der Waals surface area contributed by atoms with Crippen LogP contribution >= 0.6 is 24.0 Å². The van der Waals surface area contributed by atoms with Crippen molar-refractivity contribution in [2.75, 3.05) is 46.5 Å². The number of hydrogen-bond acceptors (Lipinski definition) is 4. The Hall–Kier alpha value is -1.35. The van der Waals surface area contributed by atoms with E-state index in [9.17, 15) is 4.79 Å². The van der Waals surface area contributed by atoms with Crippen LogP contribution in [0.1, 0.15) is 32.3 Å². The number of nitrogens with one attached hydrogen (secondary N) is 1. The molecule has 1 aromatic carbocycles. The molecule has 1 aliphatic heterocycles. The third kappa shape index (κ3) is 8.90. The van der Waals surface area contributed by atoms with Gasteiger partial charge in [0, 0.05) is 32.8 Å². The number of halogens is 1. The number of nitrogens with zero attached hydrogens (tertiary/aromatic N) is 2. The number of carbonyl (C=O) groups excluding carboxylic acids is 1. The molecule has 6 nitrogen and oxygen atoms in total. The summed E-state index contributed by atoms with van der Waals surface area (Å²) in [6, 6.07) is 10.4. The Labute approximate surface area is 192 Å². The van der Waals surface area contributed by atoms with E-state index in [1.165, 1.54) is 12.7 Å². The van der Waals surface area contributed by atoms with Crippen molar-refractivity contribution in [3.63, 3.8) is 0 Å². The number of esters is 1. The molecule has 0 aliphatic carbocycles. The highest BCUT2D eigenvalue weighted by Crippen LogP contribution is 2.24. The number of benzene rings is 1. The first-order valence-corrected chi connectivity index (χ1v) is 10.4. The van der Waals surface area contributed by atoms with E-state index in [1.54, 1.807) is 0 Å². The zero-order chi connectivity index (χ0) is 20.2. The second kappa shape index (κ2) is 14.6. The number of ether oxygens (including phenoxy) is 2. The van der Waals surface area contributed by atoms with Crippen LogP contribution in [0.4, 0.5) is 0 Å². The van der Waals surface area contributed by atoms with Crippen molar-refractivity contribution in [2.24, 2.45) is 16.8 Å². The number of unbranched alkanes of at least 4 members (excludes halogenated alkanes) is 1. The van der Waals surface area contributed by atoms with Crippen molar-refractivity contribution in [1.82, 2.24) is 10.2 Å². The van der Waals surface area contributed by atoms with Crippen LogP contribution in [0.5, 0.6) is 0 Å². The largest absolute Gasteiger partial charge is 0.469 e. The number of guanidine groups is 1. The molecule has 7 heteroatoms. The van der Waals surface area contributed by atoms with Gasteiger partial charge in [-0.15, -0.1) is 24.0 Å². The van der Waals surface area contributed by atoms with E-state index in [0.29, 0.717) is 6.54 Å². The van der Waals surface area contributed by atoms with Crippen LogP contribution in [-0.4, -0.2) is 63.3 Å². The maximum Gasteiger partial charge on any atom is 0.310 e. The van der Waals surface area contributed by atoms with Gasteiger partial charge >= 0.3 is 5.97 Å². The summed E-state index contributed by atoms with van der Waals surface area (Å²) in [5, 5.41) is 3.34. The quantitative estimate of drug-likeness (QED) is 0.170. The first kappa shape index (κ1) is 25.7. The van der Waals surface area contributed by atoms with Crippen molar-refractivity contribution in [3.05, 3.63) is 35.9 Å². The molecule has 2 unspecified atom stereocenters. The molecular formula is C22H36IN3O3. The van der Waals surface area contributed by atoms with Gasteiger partial charge in [-0.1, -0.05) is 37.3 Å². The third-order valence-electron chi connectivity index (χ3n) is 5.09. The van der Waals surface area contributed by atoms with Gasteiger partial charge in [0.05, 0.1) is 19.6 Å². The van der Waals surface area contributed by atoms with Crippen LogP contribution in [0.25, 0.3) is 0 Å². The molecule has 0 saturated carbocycles. The van der Waals surface area contributed by atoms with Gasteiger partial charge in [0.2, 0.25) is 0 Å². The molecule has 1 N–H and O–H groups in total. The molecule has 0 bridgehead atoms. The minimum atomic E-state index is -0.126. The summed E-state index contributed by atoms with van der Waals surface area (Å²) in [6.07, 6.45) is 2.95. The summed E-state index contributed by atoms with van der Waals surface area (Å²) in [4.78, 5) is 18.8. The van der Waals surface area contributed by atoms with Crippen molar-refractivity contribution < 1.29 is 14.3 Å². The maximum atomic E-state index is 11.9.